The van der Waals surface area contributed by atoms with Crippen LogP contribution in [0.3, 0.4) is 0 Å². The van der Waals surface area contributed by atoms with Gasteiger partial charge >= 0.3 is 6.03 Å². The topological polar surface area (TPSA) is 128 Å². The van der Waals surface area contributed by atoms with Crippen molar-refractivity contribution >= 4 is 44.2 Å². The van der Waals surface area contributed by atoms with E-state index in [2.05, 4.69) is 33.0 Å². The van der Waals surface area contributed by atoms with Gasteiger partial charge in [0.2, 0.25) is 10.0 Å². The summed E-state index contributed by atoms with van der Waals surface area (Å²) in [6, 6.07) is 15.3. The van der Waals surface area contributed by atoms with Crippen LogP contribution in [0.5, 0.6) is 0 Å². The summed E-state index contributed by atoms with van der Waals surface area (Å²) in [5.41, 5.74) is 2.54. The van der Waals surface area contributed by atoms with Crippen LogP contribution in [0, 0.1) is 5.92 Å². The predicted molar refractivity (Wildman–Crippen MR) is 162 cm³/mol. The summed E-state index contributed by atoms with van der Waals surface area (Å²) in [7, 11) is -2.23. The zero-order chi connectivity index (χ0) is 29.9. The standard InChI is InChI=1S/C30H35N5O5S2/c1-20-7-6-15-35(17-20)42(39,40)23-12-10-22(11-13-23)27(36)32-29-26(28(37)33-30(38)31-2)24-14-16-34(19-25(24)41-29)18-21-8-4-3-5-9-21/h3-5,8-13,20H,6-7,14-19H2,1-2H3,(H,32,36)(H2,31,33,37,38). The molecular formula is C30H35N5O5S2. The molecule has 1 atom stereocenters. The van der Waals surface area contributed by atoms with Gasteiger partial charge in [0.05, 0.1) is 10.5 Å². The zero-order valence-corrected chi connectivity index (χ0v) is 25.3. The van der Waals surface area contributed by atoms with Gasteiger partial charge in [0.15, 0.2) is 0 Å². The van der Waals surface area contributed by atoms with Crippen molar-refractivity contribution in [3.05, 3.63) is 81.7 Å². The maximum absolute atomic E-state index is 13.3. The number of anilines is 1. The Kier molecular flexibility index (Phi) is 9.07. The molecule has 1 aromatic heterocycles. The number of thiophene rings is 1. The number of carbonyl (C=O) groups is 3. The number of hydrogen-bond donors (Lipinski definition) is 3. The van der Waals surface area contributed by atoms with E-state index in [4.69, 9.17) is 0 Å². The van der Waals surface area contributed by atoms with Crippen molar-refractivity contribution < 1.29 is 22.8 Å². The Bertz CT molecular complexity index is 1570. The molecular weight excluding hydrogens is 574 g/mol. The van der Waals surface area contributed by atoms with Gasteiger partial charge in [0.25, 0.3) is 11.8 Å². The molecule has 2 aliphatic heterocycles. The zero-order valence-electron chi connectivity index (χ0n) is 23.7. The van der Waals surface area contributed by atoms with Crippen molar-refractivity contribution in [3.63, 3.8) is 0 Å². The molecule has 0 saturated carbocycles. The normalized spacial score (nSPS) is 17.7. The van der Waals surface area contributed by atoms with Gasteiger partial charge in [-0.15, -0.1) is 11.3 Å². The second-order valence-corrected chi connectivity index (χ2v) is 13.8. The molecule has 4 amide bonds. The lowest BCUT2D eigenvalue weighted by molar-refractivity contribution is 0.0964. The minimum atomic E-state index is -3.65. The predicted octanol–water partition coefficient (Wildman–Crippen LogP) is 4.05. The van der Waals surface area contributed by atoms with Crippen LogP contribution in [0.4, 0.5) is 9.80 Å². The van der Waals surface area contributed by atoms with E-state index in [1.165, 1.54) is 52.5 Å². The molecule has 0 bridgehead atoms. The number of imide groups is 1. The van der Waals surface area contributed by atoms with Gasteiger partial charge in [-0.2, -0.15) is 4.31 Å². The smallest absolute Gasteiger partial charge is 0.321 e. The Labute approximate surface area is 250 Å². The number of carbonyl (C=O) groups excluding carboxylic acids is 3. The maximum atomic E-state index is 13.3. The van der Waals surface area contributed by atoms with Crippen LogP contribution < -0.4 is 16.0 Å². The average Bonchev–Trinajstić information content (AvgIpc) is 3.34. The van der Waals surface area contributed by atoms with Crippen LogP contribution in [0.25, 0.3) is 0 Å². The van der Waals surface area contributed by atoms with Gasteiger partial charge in [-0.05, 0) is 60.6 Å². The molecule has 3 N–H and O–H groups in total. The van der Waals surface area contributed by atoms with Crippen LogP contribution in [-0.4, -0.2) is 62.2 Å². The number of amides is 4. The van der Waals surface area contributed by atoms with E-state index in [9.17, 15) is 22.8 Å². The SMILES string of the molecule is CNC(=O)NC(=O)c1c(NC(=O)c2ccc(S(=O)(=O)N3CCCC(C)C3)cc2)sc2c1CCN(Cc1ccccc1)C2. The molecule has 0 spiro atoms. The summed E-state index contributed by atoms with van der Waals surface area (Å²) in [6.45, 7) is 5.09. The first-order valence-electron chi connectivity index (χ1n) is 14.0. The van der Waals surface area contributed by atoms with Crippen molar-refractivity contribution in [3.8, 4) is 0 Å². The van der Waals surface area contributed by atoms with Crippen molar-refractivity contribution in [1.82, 2.24) is 19.8 Å². The molecule has 2 aliphatic rings. The first-order valence-corrected chi connectivity index (χ1v) is 16.3. The molecule has 3 aromatic rings. The highest BCUT2D eigenvalue weighted by Crippen LogP contribution is 2.38. The molecule has 1 saturated heterocycles. The lowest BCUT2D eigenvalue weighted by Gasteiger charge is -2.30. The van der Waals surface area contributed by atoms with E-state index < -0.39 is 27.9 Å². The van der Waals surface area contributed by atoms with Gasteiger partial charge in [-0.3, -0.25) is 19.8 Å². The van der Waals surface area contributed by atoms with Crippen LogP contribution >= 0.6 is 11.3 Å². The van der Waals surface area contributed by atoms with Crippen molar-refractivity contribution in [2.24, 2.45) is 5.92 Å². The Morgan fingerprint density at radius 1 is 1.00 bits per heavy atom. The van der Waals surface area contributed by atoms with Crippen molar-refractivity contribution in [2.75, 3.05) is 32.0 Å². The van der Waals surface area contributed by atoms with Crippen molar-refractivity contribution in [1.29, 1.82) is 0 Å². The highest BCUT2D eigenvalue weighted by atomic mass is 32.2. The monoisotopic (exact) mass is 609 g/mol. The molecule has 5 rings (SSSR count). The number of urea groups is 1. The Morgan fingerprint density at radius 3 is 2.43 bits per heavy atom. The molecule has 222 valence electrons. The molecule has 0 radical (unpaired) electrons. The lowest BCUT2D eigenvalue weighted by atomic mass is 10.0. The highest BCUT2D eigenvalue weighted by molar-refractivity contribution is 7.89. The van der Waals surface area contributed by atoms with E-state index in [1.807, 2.05) is 25.1 Å². The molecule has 10 nitrogen and oxygen atoms in total. The number of hydrogen-bond acceptors (Lipinski definition) is 7. The molecule has 3 heterocycles. The summed E-state index contributed by atoms with van der Waals surface area (Å²) in [6.07, 6.45) is 2.42. The van der Waals surface area contributed by atoms with Gasteiger partial charge in [0, 0.05) is 50.2 Å². The first-order chi connectivity index (χ1) is 20.2. The van der Waals surface area contributed by atoms with Gasteiger partial charge in [0.1, 0.15) is 5.00 Å². The number of benzene rings is 2. The van der Waals surface area contributed by atoms with E-state index in [0.717, 1.165) is 36.4 Å². The van der Waals surface area contributed by atoms with E-state index in [0.29, 0.717) is 37.0 Å². The second-order valence-electron chi connectivity index (χ2n) is 10.8. The number of rotatable bonds is 7. The summed E-state index contributed by atoms with van der Waals surface area (Å²) in [4.78, 5) is 41.8. The number of nitrogens with one attached hydrogen (secondary N) is 3. The molecule has 2 aromatic carbocycles. The molecule has 1 unspecified atom stereocenters. The lowest BCUT2D eigenvalue weighted by Crippen LogP contribution is -2.39. The molecule has 1 fully saturated rings. The van der Waals surface area contributed by atoms with Gasteiger partial charge in [-0.1, -0.05) is 37.3 Å². The third kappa shape index (κ3) is 6.57. The first kappa shape index (κ1) is 29.9. The van der Waals surface area contributed by atoms with E-state index >= 15 is 0 Å². The average molecular weight is 610 g/mol. The maximum Gasteiger partial charge on any atom is 0.321 e. The van der Waals surface area contributed by atoms with Crippen LogP contribution in [0.2, 0.25) is 0 Å². The largest absolute Gasteiger partial charge is 0.341 e. The van der Waals surface area contributed by atoms with Gasteiger partial charge in [-0.25, -0.2) is 13.2 Å². The fourth-order valence-electron chi connectivity index (χ4n) is 5.46. The fraction of sp³-hybridized carbons (Fsp3) is 0.367. The minimum absolute atomic E-state index is 0.142. The van der Waals surface area contributed by atoms with Gasteiger partial charge < -0.3 is 10.6 Å². The quantitative estimate of drug-likeness (QED) is 0.371. The minimum Gasteiger partial charge on any atom is -0.341 e. The van der Waals surface area contributed by atoms with Crippen LogP contribution in [-0.2, 0) is 29.5 Å². The van der Waals surface area contributed by atoms with E-state index in [1.54, 1.807) is 0 Å². The Morgan fingerprint density at radius 2 is 1.74 bits per heavy atom. The third-order valence-corrected chi connectivity index (χ3v) is 10.7. The Hall–Kier alpha value is -3.58. The molecule has 42 heavy (non-hydrogen) atoms. The second kappa shape index (κ2) is 12.7. The number of nitrogens with zero attached hydrogens (tertiary/aromatic N) is 2. The van der Waals surface area contributed by atoms with E-state index in [-0.39, 0.29) is 16.0 Å². The molecule has 0 aliphatic carbocycles. The Balaban J connectivity index is 1.36. The number of fused-ring (bicyclic) bond motifs is 1. The fourth-order valence-corrected chi connectivity index (χ4v) is 8.34. The van der Waals surface area contributed by atoms with Crippen LogP contribution in [0.15, 0.2) is 59.5 Å². The third-order valence-electron chi connectivity index (χ3n) is 7.67. The number of sulfonamides is 1. The number of piperidine rings is 1. The van der Waals surface area contributed by atoms with Crippen LogP contribution in [0.1, 0.15) is 56.5 Å². The summed E-state index contributed by atoms with van der Waals surface area (Å²) >= 11 is 1.32. The highest BCUT2D eigenvalue weighted by Gasteiger charge is 2.31. The van der Waals surface area contributed by atoms with Crippen molar-refractivity contribution in [2.45, 2.75) is 44.2 Å². The summed E-state index contributed by atoms with van der Waals surface area (Å²) in [5, 5.41) is 7.92. The summed E-state index contributed by atoms with van der Waals surface area (Å²) in [5.74, 6) is -0.759. The summed E-state index contributed by atoms with van der Waals surface area (Å²) < 4.78 is 27.8. The molecule has 12 heteroatoms.